The fourth-order valence-corrected chi connectivity index (χ4v) is 5.86. The summed E-state index contributed by atoms with van der Waals surface area (Å²) in [6, 6.07) is 7.50. The molecule has 0 radical (unpaired) electrons. The van der Waals surface area contributed by atoms with Gasteiger partial charge in [0.2, 0.25) is 11.8 Å². The molecule has 0 unspecified atom stereocenters. The van der Waals surface area contributed by atoms with Gasteiger partial charge in [-0.25, -0.2) is 8.42 Å². The van der Waals surface area contributed by atoms with Crippen molar-refractivity contribution in [1.82, 2.24) is 4.90 Å². The molecule has 0 spiro atoms. The van der Waals surface area contributed by atoms with Crippen molar-refractivity contribution in [3.05, 3.63) is 29.8 Å². The number of carbonyl (C=O) groups excluding carboxylic acids is 2. The Morgan fingerprint density at radius 1 is 1.32 bits per heavy atom. The van der Waals surface area contributed by atoms with E-state index in [1.165, 1.54) is 11.8 Å². The van der Waals surface area contributed by atoms with E-state index in [4.69, 9.17) is 0 Å². The maximum absolute atomic E-state index is 12.5. The summed E-state index contributed by atoms with van der Waals surface area (Å²) in [4.78, 5) is 26.3. The minimum Gasteiger partial charge on any atom is -0.338 e. The van der Waals surface area contributed by atoms with E-state index >= 15 is 0 Å². The van der Waals surface area contributed by atoms with Gasteiger partial charge in [-0.1, -0.05) is 19.1 Å². The molecule has 1 atom stereocenters. The lowest BCUT2D eigenvalue weighted by molar-refractivity contribution is -0.130. The van der Waals surface area contributed by atoms with Crippen molar-refractivity contribution in [3.8, 4) is 0 Å². The summed E-state index contributed by atoms with van der Waals surface area (Å²) in [5.41, 5.74) is 1.90. The van der Waals surface area contributed by atoms with Crippen molar-refractivity contribution in [1.29, 1.82) is 0 Å². The first kappa shape index (κ1) is 22.7. The molecule has 1 heterocycles. The Labute approximate surface area is 172 Å². The van der Waals surface area contributed by atoms with Gasteiger partial charge in [0, 0.05) is 24.7 Å². The molecule has 1 N–H and O–H groups in total. The number of rotatable bonds is 10. The van der Waals surface area contributed by atoms with Crippen molar-refractivity contribution in [2.45, 2.75) is 45.6 Å². The number of hydrogen-bond donors (Lipinski definition) is 1. The standard InChI is InChI=1S/C20H30N2O4S2/c1-3-10-22(18-9-12-28(25,26)15-18)20(24)14-27-11-5-8-19(23)21-17-7-4-6-16(2)13-17/h4,6-7,13,18H,3,5,8-12,14-15H2,1-2H3,(H,21,23)/t18-/m0/s1. The predicted octanol–water partition coefficient (Wildman–Crippen LogP) is 2.87. The highest BCUT2D eigenvalue weighted by molar-refractivity contribution is 7.99. The molecule has 28 heavy (non-hydrogen) atoms. The topological polar surface area (TPSA) is 83.6 Å². The van der Waals surface area contributed by atoms with E-state index in [9.17, 15) is 18.0 Å². The SMILES string of the molecule is CCCN(C(=O)CSCCCC(=O)Nc1cccc(C)c1)[C@H]1CCS(=O)(=O)C1. The lowest BCUT2D eigenvalue weighted by Gasteiger charge is -2.27. The lowest BCUT2D eigenvalue weighted by atomic mass is 10.2. The summed E-state index contributed by atoms with van der Waals surface area (Å²) in [6.45, 7) is 4.56. The van der Waals surface area contributed by atoms with E-state index in [2.05, 4.69) is 5.32 Å². The maximum Gasteiger partial charge on any atom is 0.232 e. The Kier molecular flexibility index (Phi) is 8.82. The molecular weight excluding hydrogens is 396 g/mol. The number of thioether (sulfide) groups is 1. The fraction of sp³-hybridized carbons (Fsp3) is 0.600. The van der Waals surface area contributed by atoms with Gasteiger partial charge in [0.25, 0.3) is 0 Å². The highest BCUT2D eigenvalue weighted by Gasteiger charge is 2.33. The van der Waals surface area contributed by atoms with Gasteiger partial charge in [-0.3, -0.25) is 9.59 Å². The first-order valence-corrected chi connectivity index (χ1v) is 12.7. The highest BCUT2D eigenvalue weighted by Crippen LogP contribution is 2.19. The molecule has 0 aliphatic carbocycles. The molecule has 0 aromatic heterocycles. The third-order valence-corrected chi connectivity index (χ3v) is 7.43. The molecule has 0 saturated carbocycles. The summed E-state index contributed by atoms with van der Waals surface area (Å²) < 4.78 is 23.4. The molecule has 1 aliphatic heterocycles. The second-order valence-electron chi connectivity index (χ2n) is 7.22. The van der Waals surface area contributed by atoms with E-state index in [0.717, 1.165) is 23.4 Å². The quantitative estimate of drug-likeness (QED) is 0.582. The zero-order chi connectivity index (χ0) is 20.6. The molecule has 2 rings (SSSR count). The Morgan fingerprint density at radius 3 is 2.75 bits per heavy atom. The molecule has 2 amide bonds. The Bertz CT molecular complexity index is 780. The van der Waals surface area contributed by atoms with Crippen molar-refractivity contribution >= 4 is 39.1 Å². The number of anilines is 1. The normalized spacial score (nSPS) is 18.0. The van der Waals surface area contributed by atoms with E-state index < -0.39 is 9.84 Å². The van der Waals surface area contributed by atoms with Crippen molar-refractivity contribution < 1.29 is 18.0 Å². The summed E-state index contributed by atoms with van der Waals surface area (Å²) in [5, 5.41) is 2.88. The van der Waals surface area contributed by atoms with Crippen LogP contribution in [0.2, 0.25) is 0 Å². The van der Waals surface area contributed by atoms with Gasteiger partial charge in [0.05, 0.1) is 17.3 Å². The zero-order valence-electron chi connectivity index (χ0n) is 16.6. The molecule has 1 aliphatic rings. The molecule has 1 aromatic carbocycles. The number of amides is 2. The van der Waals surface area contributed by atoms with Crippen LogP contribution < -0.4 is 5.32 Å². The fourth-order valence-electron chi connectivity index (χ4n) is 3.30. The number of nitrogens with one attached hydrogen (secondary N) is 1. The second-order valence-corrected chi connectivity index (χ2v) is 10.6. The van der Waals surface area contributed by atoms with Crippen LogP contribution in [0.5, 0.6) is 0 Å². The number of aryl methyl sites for hydroxylation is 1. The molecular formula is C20H30N2O4S2. The zero-order valence-corrected chi connectivity index (χ0v) is 18.3. The molecule has 156 valence electrons. The summed E-state index contributed by atoms with van der Waals surface area (Å²) in [6.07, 6.45) is 2.46. The first-order chi connectivity index (χ1) is 13.3. The average Bonchev–Trinajstić information content (AvgIpc) is 2.98. The van der Waals surface area contributed by atoms with Gasteiger partial charge < -0.3 is 10.2 Å². The van der Waals surface area contributed by atoms with Crippen LogP contribution in [-0.4, -0.2) is 60.7 Å². The lowest BCUT2D eigenvalue weighted by Crippen LogP contribution is -2.42. The van der Waals surface area contributed by atoms with Crippen molar-refractivity contribution in [2.75, 3.05) is 34.9 Å². The van der Waals surface area contributed by atoms with E-state index in [1.807, 2.05) is 38.1 Å². The molecule has 8 heteroatoms. The van der Waals surface area contributed by atoms with Crippen LogP contribution >= 0.6 is 11.8 Å². The van der Waals surface area contributed by atoms with Crippen LogP contribution in [0.25, 0.3) is 0 Å². The van der Waals surface area contributed by atoms with E-state index in [0.29, 0.717) is 31.6 Å². The number of benzene rings is 1. The number of carbonyl (C=O) groups is 2. The summed E-state index contributed by atoms with van der Waals surface area (Å²) in [7, 11) is -3.00. The Hall–Kier alpha value is -1.54. The van der Waals surface area contributed by atoms with Gasteiger partial charge >= 0.3 is 0 Å². The van der Waals surface area contributed by atoms with Crippen LogP contribution in [-0.2, 0) is 19.4 Å². The molecule has 0 bridgehead atoms. The third kappa shape index (κ3) is 7.47. The van der Waals surface area contributed by atoms with E-state index in [-0.39, 0.29) is 29.4 Å². The largest absolute Gasteiger partial charge is 0.338 e. The van der Waals surface area contributed by atoms with Crippen LogP contribution in [0.1, 0.15) is 38.2 Å². The molecule has 1 aromatic rings. The molecule has 1 saturated heterocycles. The van der Waals surface area contributed by atoms with Crippen LogP contribution in [0.15, 0.2) is 24.3 Å². The minimum atomic E-state index is -3.00. The number of sulfone groups is 1. The van der Waals surface area contributed by atoms with Crippen LogP contribution in [0.3, 0.4) is 0 Å². The highest BCUT2D eigenvalue weighted by atomic mass is 32.2. The van der Waals surface area contributed by atoms with Gasteiger partial charge in [0.1, 0.15) is 0 Å². The monoisotopic (exact) mass is 426 g/mol. The number of hydrogen-bond acceptors (Lipinski definition) is 5. The summed E-state index contributed by atoms with van der Waals surface area (Å²) in [5.74, 6) is 1.28. The van der Waals surface area contributed by atoms with Gasteiger partial charge in [-0.2, -0.15) is 11.8 Å². The van der Waals surface area contributed by atoms with Gasteiger partial charge in [-0.15, -0.1) is 0 Å². The first-order valence-electron chi connectivity index (χ1n) is 9.75. The Balaban J connectivity index is 1.68. The Morgan fingerprint density at radius 2 is 2.11 bits per heavy atom. The molecule has 1 fully saturated rings. The van der Waals surface area contributed by atoms with Crippen molar-refractivity contribution in [3.63, 3.8) is 0 Å². The molecule has 6 nitrogen and oxygen atoms in total. The average molecular weight is 427 g/mol. The van der Waals surface area contributed by atoms with Gasteiger partial charge in [0.15, 0.2) is 9.84 Å². The second kappa shape index (κ2) is 10.9. The summed E-state index contributed by atoms with van der Waals surface area (Å²) >= 11 is 1.50. The van der Waals surface area contributed by atoms with Crippen LogP contribution in [0.4, 0.5) is 5.69 Å². The van der Waals surface area contributed by atoms with Crippen LogP contribution in [0, 0.1) is 6.92 Å². The van der Waals surface area contributed by atoms with Gasteiger partial charge in [-0.05, 0) is 49.6 Å². The van der Waals surface area contributed by atoms with Crippen molar-refractivity contribution in [2.24, 2.45) is 0 Å². The third-order valence-electron chi connectivity index (χ3n) is 4.65. The predicted molar refractivity (Wildman–Crippen MR) is 115 cm³/mol. The minimum absolute atomic E-state index is 0.00170. The van der Waals surface area contributed by atoms with E-state index in [1.54, 1.807) is 4.90 Å². The maximum atomic E-state index is 12.5. The number of nitrogens with zero attached hydrogens (tertiary/aromatic N) is 1. The smallest absolute Gasteiger partial charge is 0.232 e.